The molecule has 0 aromatic heterocycles. The molecule has 74 valence electrons. The largest absolute Gasteiger partial charge is 0.331 e. The molecule has 2 N–H and O–H groups in total. The van der Waals surface area contributed by atoms with Crippen molar-refractivity contribution in [3.63, 3.8) is 0 Å². The number of nitrogens with two attached hydrogens (primary N) is 1. The van der Waals surface area contributed by atoms with E-state index in [0.717, 1.165) is 6.54 Å². The van der Waals surface area contributed by atoms with Crippen LogP contribution in [0.25, 0.3) is 0 Å². The number of aryl methyl sites for hydroxylation is 1. The smallest absolute Gasteiger partial charge is 0.0106 e. The normalized spacial score (nSPS) is 8.85. The minimum Gasteiger partial charge on any atom is -0.331 e. The first-order chi connectivity index (χ1) is 6.35. The van der Waals surface area contributed by atoms with Gasteiger partial charge in [-0.1, -0.05) is 50.6 Å². The third-order valence-corrected chi connectivity index (χ3v) is 1.66. The first kappa shape index (κ1) is 12.2. The summed E-state index contributed by atoms with van der Waals surface area (Å²) in [6.07, 6.45) is 3.83. The molecule has 1 aromatic rings. The molecule has 0 fully saturated rings. The molecule has 0 aliphatic heterocycles. The van der Waals surface area contributed by atoms with Crippen LogP contribution < -0.4 is 5.73 Å². The molecule has 13 heavy (non-hydrogen) atoms. The Labute approximate surface area is 82.0 Å². The molecule has 1 nitrogen and oxygen atoms in total. The van der Waals surface area contributed by atoms with E-state index in [9.17, 15) is 0 Å². The summed E-state index contributed by atoms with van der Waals surface area (Å²) >= 11 is 0. The molecule has 1 aromatic carbocycles. The summed E-state index contributed by atoms with van der Waals surface area (Å²) in [5.41, 5.74) is 6.31. The molecule has 0 saturated heterocycles. The average molecular weight is 179 g/mol. The van der Waals surface area contributed by atoms with Crippen LogP contribution in [0.3, 0.4) is 0 Å². The fraction of sp³-hybridized carbons (Fsp3) is 0.500. The van der Waals surface area contributed by atoms with E-state index in [1.807, 2.05) is 6.92 Å². The van der Waals surface area contributed by atoms with E-state index >= 15 is 0 Å². The van der Waals surface area contributed by atoms with Gasteiger partial charge in [0.05, 0.1) is 0 Å². The zero-order valence-electron chi connectivity index (χ0n) is 8.79. The number of benzene rings is 1. The van der Waals surface area contributed by atoms with Crippen molar-refractivity contribution < 1.29 is 0 Å². The van der Waals surface area contributed by atoms with Crippen molar-refractivity contribution in [1.82, 2.24) is 0 Å². The van der Waals surface area contributed by atoms with Crippen LogP contribution in [0.4, 0.5) is 0 Å². The van der Waals surface area contributed by atoms with Crippen LogP contribution in [0, 0.1) is 0 Å². The first-order valence-corrected chi connectivity index (χ1v) is 5.09. The maximum Gasteiger partial charge on any atom is -0.0106 e. The summed E-state index contributed by atoms with van der Waals surface area (Å²) in [4.78, 5) is 0. The van der Waals surface area contributed by atoms with E-state index in [2.05, 4.69) is 37.3 Å². The second-order valence-corrected chi connectivity index (χ2v) is 3.00. The lowest BCUT2D eigenvalue weighted by Gasteiger charge is -1.96. The molecule has 0 aliphatic carbocycles. The molecule has 0 heterocycles. The third-order valence-electron chi connectivity index (χ3n) is 1.66. The number of hydrogen-bond donors (Lipinski definition) is 1. The summed E-state index contributed by atoms with van der Waals surface area (Å²) in [5, 5.41) is 0. The van der Waals surface area contributed by atoms with Crippen LogP contribution in [-0.4, -0.2) is 6.54 Å². The lowest BCUT2D eigenvalue weighted by atomic mass is 10.1. The summed E-state index contributed by atoms with van der Waals surface area (Å²) < 4.78 is 0. The highest BCUT2D eigenvalue weighted by atomic mass is 14.5. The molecule has 0 saturated carbocycles. The maximum absolute atomic E-state index is 4.85. The van der Waals surface area contributed by atoms with Crippen LogP contribution in [0.15, 0.2) is 30.3 Å². The van der Waals surface area contributed by atoms with Gasteiger partial charge in [-0.25, -0.2) is 0 Å². The molecule has 0 amide bonds. The summed E-state index contributed by atoms with van der Waals surface area (Å²) in [6.45, 7) is 4.88. The molecular formula is C12H21N. The Bertz CT molecular complexity index is 182. The van der Waals surface area contributed by atoms with Crippen LogP contribution in [0.1, 0.15) is 32.3 Å². The van der Waals surface area contributed by atoms with Gasteiger partial charge in [-0.05, 0) is 24.9 Å². The Morgan fingerprint density at radius 3 is 2.08 bits per heavy atom. The Hall–Kier alpha value is -0.820. The van der Waals surface area contributed by atoms with Crippen LogP contribution >= 0.6 is 0 Å². The summed E-state index contributed by atoms with van der Waals surface area (Å²) in [7, 11) is 0. The molecule has 1 heteroatoms. The number of unbranched alkanes of at least 4 members (excludes halogenated alkanes) is 1. The van der Waals surface area contributed by atoms with Crippen LogP contribution in [0.5, 0.6) is 0 Å². The van der Waals surface area contributed by atoms with Gasteiger partial charge in [0.2, 0.25) is 0 Å². The first-order valence-electron chi connectivity index (χ1n) is 5.09. The zero-order valence-corrected chi connectivity index (χ0v) is 8.79. The van der Waals surface area contributed by atoms with Gasteiger partial charge in [0.1, 0.15) is 0 Å². The van der Waals surface area contributed by atoms with Crippen LogP contribution in [-0.2, 0) is 6.42 Å². The zero-order chi connectivity index (χ0) is 9.94. The molecule has 0 unspecified atom stereocenters. The average Bonchev–Trinajstić information content (AvgIpc) is 2.18. The second kappa shape index (κ2) is 9.27. The van der Waals surface area contributed by atoms with Crippen molar-refractivity contribution in [1.29, 1.82) is 0 Å². The summed E-state index contributed by atoms with van der Waals surface area (Å²) in [5.74, 6) is 0. The molecular weight excluding hydrogens is 158 g/mol. The van der Waals surface area contributed by atoms with E-state index in [1.54, 1.807) is 0 Å². The Morgan fingerprint density at radius 2 is 1.62 bits per heavy atom. The predicted octanol–water partition coefficient (Wildman–Crippen LogP) is 2.99. The monoisotopic (exact) mass is 179 g/mol. The minimum atomic E-state index is 0.750. The molecule has 0 atom stereocenters. The lowest BCUT2D eigenvalue weighted by Crippen LogP contribution is -1.87. The van der Waals surface area contributed by atoms with Gasteiger partial charge >= 0.3 is 0 Å². The van der Waals surface area contributed by atoms with Gasteiger partial charge in [-0.2, -0.15) is 0 Å². The van der Waals surface area contributed by atoms with Gasteiger partial charge in [-0.3, -0.25) is 0 Å². The molecule has 0 bridgehead atoms. The molecule has 0 aliphatic rings. The molecule has 0 spiro atoms. The molecule has 0 radical (unpaired) electrons. The third kappa shape index (κ3) is 7.54. The van der Waals surface area contributed by atoms with Gasteiger partial charge in [0.15, 0.2) is 0 Å². The highest BCUT2D eigenvalue weighted by Gasteiger charge is 1.87. The van der Waals surface area contributed by atoms with Gasteiger partial charge in [0, 0.05) is 0 Å². The van der Waals surface area contributed by atoms with E-state index in [4.69, 9.17) is 5.73 Å². The van der Waals surface area contributed by atoms with Crippen molar-refractivity contribution >= 4 is 0 Å². The highest BCUT2D eigenvalue weighted by Crippen LogP contribution is 2.03. The van der Waals surface area contributed by atoms with Crippen molar-refractivity contribution in [2.75, 3.05) is 6.54 Å². The van der Waals surface area contributed by atoms with E-state index in [-0.39, 0.29) is 0 Å². The van der Waals surface area contributed by atoms with Crippen LogP contribution in [0.2, 0.25) is 0 Å². The van der Waals surface area contributed by atoms with E-state index in [1.165, 1.54) is 24.8 Å². The second-order valence-electron chi connectivity index (χ2n) is 3.00. The fourth-order valence-corrected chi connectivity index (χ4v) is 1.03. The maximum atomic E-state index is 4.85. The van der Waals surface area contributed by atoms with Gasteiger partial charge in [0.25, 0.3) is 0 Å². The van der Waals surface area contributed by atoms with Crippen molar-refractivity contribution in [2.24, 2.45) is 5.73 Å². The SMILES string of the molecule is CCCCc1ccccc1.CCN. The fourth-order valence-electron chi connectivity index (χ4n) is 1.03. The number of rotatable bonds is 3. The Morgan fingerprint density at radius 1 is 1.08 bits per heavy atom. The molecule has 1 rings (SSSR count). The summed E-state index contributed by atoms with van der Waals surface area (Å²) in [6, 6.07) is 10.6. The Balaban J connectivity index is 0.000000424. The van der Waals surface area contributed by atoms with Crippen molar-refractivity contribution in [3.05, 3.63) is 35.9 Å². The topological polar surface area (TPSA) is 26.0 Å². The quantitative estimate of drug-likeness (QED) is 0.758. The lowest BCUT2D eigenvalue weighted by molar-refractivity contribution is 0.795. The minimum absolute atomic E-state index is 0.750. The number of hydrogen-bond acceptors (Lipinski definition) is 1. The standard InChI is InChI=1S/C10H14.C2H7N/c1-2-3-7-10-8-5-4-6-9-10;1-2-3/h4-6,8-9H,2-3,7H2,1H3;2-3H2,1H3. The predicted molar refractivity (Wildman–Crippen MR) is 59.8 cm³/mol. The Kier molecular flexibility index (Phi) is 8.68. The van der Waals surface area contributed by atoms with Gasteiger partial charge < -0.3 is 5.73 Å². The van der Waals surface area contributed by atoms with E-state index in [0.29, 0.717) is 0 Å². The van der Waals surface area contributed by atoms with Crippen molar-refractivity contribution in [3.8, 4) is 0 Å². The highest BCUT2D eigenvalue weighted by molar-refractivity contribution is 5.14. The van der Waals surface area contributed by atoms with Gasteiger partial charge in [-0.15, -0.1) is 0 Å². The van der Waals surface area contributed by atoms with E-state index < -0.39 is 0 Å². The van der Waals surface area contributed by atoms with Crippen molar-refractivity contribution in [2.45, 2.75) is 33.1 Å².